The number of nitrogens with two attached hydrogens (primary N) is 1. The predicted molar refractivity (Wildman–Crippen MR) is 57.7 cm³/mol. The Bertz CT molecular complexity index is 410. The minimum absolute atomic E-state index is 0.0308. The molecule has 82 valence electrons. The van der Waals surface area contributed by atoms with Gasteiger partial charge in [-0.15, -0.1) is 0 Å². The monoisotopic (exact) mass is 208 g/mol. The quantitative estimate of drug-likeness (QED) is 0.662. The molecule has 5 heteroatoms. The van der Waals surface area contributed by atoms with Crippen LogP contribution in [0, 0.1) is 13.8 Å². The molecule has 0 saturated carbocycles. The Kier molecular flexibility index (Phi) is 2.26. The molecule has 1 amide bonds. The summed E-state index contributed by atoms with van der Waals surface area (Å²) in [4.78, 5) is 17.8. The van der Waals surface area contributed by atoms with Crippen molar-refractivity contribution in [3.8, 4) is 0 Å². The Morgan fingerprint density at radius 2 is 2.13 bits per heavy atom. The van der Waals surface area contributed by atoms with E-state index in [0.717, 1.165) is 23.9 Å². The normalized spacial score (nSPS) is 21.5. The van der Waals surface area contributed by atoms with Gasteiger partial charge in [-0.3, -0.25) is 9.69 Å². The lowest BCUT2D eigenvalue weighted by Crippen LogP contribution is -2.40. The van der Waals surface area contributed by atoms with Crippen molar-refractivity contribution in [2.45, 2.75) is 32.9 Å². The number of carbonyl (C=O) groups excluding carboxylic acids is 1. The molecule has 1 unspecified atom stereocenters. The van der Waals surface area contributed by atoms with Crippen LogP contribution in [-0.2, 0) is 11.3 Å². The van der Waals surface area contributed by atoms with E-state index in [1.165, 1.54) is 0 Å². The van der Waals surface area contributed by atoms with Crippen LogP contribution in [0.5, 0.6) is 0 Å². The molecule has 5 nitrogen and oxygen atoms in total. The number of aryl methyl sites for hydroxylation is 2. The average molecular weight is 208 g/mol. The first-order valence-electron chi connectivity index (χ1n) is 5.09. The Balaban J connectivity index is 2.54. The van der Waals surface area contributed by atoms with E-state index >= 15 is 0 Å². The van der Waals surface area contributed by atoms with Gasteiger partial charge in [-0.1, -0.05) is 0 Å². The zero-order valence-electron chi connectivity index (χ0n) is 9.32. The van der Waals surface area contributed by atoms with Crippen LogP contribution in [0.2, 0.25) is 0 Å². The van der Waals surface area contributed by atoms with Crippen molar-refractivity contribution in [3.63, 3.8) is 0 Å². The fraction of sp³-hybridized carbons (Fsp3) is 0.600. The van der Waals surface area contributed by atoms with Crippen molar-refractivity contribution < 1.29 is 4.79 Å². The van der Waals surface area contributed by atoms with E-state index in [2.05, 4.69) is 9.55 Å². The molecule has 0 spiro atoms. The number of imidazole rings is 1. The largest absolute Gasteiger partial charge is 0.320 e. The third-order valence-electron chi connectivity index (χ3n) is 2.93. The number of rotatable bonds is 0. The van der Waals surface area contributed by atoms with Gasteiger partial charge in [0.25, 0.3) is 0 Å². The summed E-state index contributed by atoms with van der Waals surface area (Å²) in [5.41, 5.74) is 6.67. The van der Waals surface area contributed by atoms with Gasteiger partial charge in [0.15, 0.2) is 0 Å². The molecule has 15 heavy (non-hydrogen) atoms. The second-order valence-corrected chi connectivity index (χ2v) is 4.01. The smallest absolute Gasteiger partial charge is 0.244 e. The molecule has 0 saturated heterocycles. The number of fused-ring (bicyclic) bond motifs is 1. The molecule has 1 aliphatic rings. The van der Waals surface area contributed by atoms with Crippen LogP contribution in [0.15, 0.2) is 0 Å². The lowest BCUT2D eigenvalue weighted by Gasteiger charge is -2.18. The van der Waals surface area contributed by atoms with Crippen LogP contribution in [-0.4, -0.2) is 28.5 Å². The maximum absolute atomic E-state index is 11.8. The van der Waals surface area contributed by atoms with E-state index in [9.17, 15) is 4.79 Å². The highest BCUT2D eigenvalue weighted by Crippen LogP contribution is 2.24. The van der Waals surface area contributed by atoms with Gasteiger partial charge in [-0.05, 0) is 20.3 Å². The van der Waals surface area contributed by atoms with Crippen LogP contribution >= 0.6 is 0 Å². The Morgan fingerprint density at radius 1 is 1.47 bits per heavy atom. The van der Waals surface area contributed by atoms with E-state index in [1.807, 2.05) is 13.8 Å². The summed E-state index contributed by atoms with van der Waals surface area (Å²) in [5.74, 6) is 1.79. The van der Waals surface area contributed by atoms with Gasteiger partial charge < -0.3 is 10.3 Å². The van der Waals surface area contributed by atoms with Gasteiger partial charge in [-0.25, -0.2) is 4.98 Å². The van der Waals surface area contributed by atoms with Gasteiger partial charge in [0.05, 0.1) is 11.7 Å². The second-order valence-electron chi connectivity index (χ2n) is 4.01. The molecule has 1 aliphatic heterocycles. The first-order valence-corrected chi connectivity index (χ1v) is 5.09. The van der Waals surface area contributed by atoms with Crippen LogP contribution in [0.3, 0.4) is 0 Å². The lowest BCUT2D eigenvalue weighted by atomic mass is 10.2. The highest BCUT2D eigenvalue weighted by molar-refractivity contribution is 5.96. The van der Waals surface area contributed by atoms with Crippen molar-refractivity contribution in [3.05, 3.63) is 11.5 Å². The van der Waals surface area contributed by atoms with Crippen LogP contribution in [0.1, 0.15) is 17.9 Å². The maximum atomic E-state index is 11.8. The molecular weight excluding hydrogens is 192 g/mol. The molecule has 0 bridgehead atoms. The Labute approximate surface area is 88.9 Å². The van der Waals surface area contributed by atoms with Gasteiger partial charge >= 0.3 is 0 Å². The maximum Gasteiger partial charge on any atom is 0.244 e. The summed E-state index contributed by atoms with van der Waals surface area (Å²) < 4.78 is 2.06. The SMILES string of the molecule is Cc1nc(C)n2c1N(C)C(=O)C(N)CC2. The van der Waals surface area contributed by atoms with E-state index in [0.29, 0.717) is 6.42 Å². The minimum atomic E-state index is -0.395. The highest BCUT2D eigenvalue weighted by atomic mass is 16.2. The number of carbonyl (C=O) groups is 1. The fourth-order valence-electron chi connectivity index (χ4n) is 2.14. The second kappa shape index (κ2) is 3.34. The number of aromatic nitrogens is 2. The topological polar surface area (TPSA) is 64.2 Å². The van der Waals surface area contributed by atoms with E-state index in [-0.39, 0.29) is 5.91 Å². The van der Waals surface area contributed by atoms with Crippen molar-refractivity contribution in [2.75, 3.05) is 11.9 Å². The number of hydrogen-bond donors (Lipinski definition) is 1. The van der Waals surface area contributed by atoms with Crippen LogP contribution < -0.4 is 10.6 Å². The predicted octanol–water partition coefficient (Wildman–Crippen LogP) is 0.194. The Hall–Kier alpha value is -1.36. The molecular formula is C10H16N4O. The lowest BCUT2D eigenvalue weighted by molar-refractivity contribution is -0.119. The molecule has 0 aliphatic carbocycles. The molecule has 1 atom stereocenters. The number of likely N-dealkylation sites (N-methyl/N-ethyl adjacent to an activating group) is 1. The molecule has 1 aromatic heterocycles. The van der Waals surface area contributed by atoms with Gasteiger partial charge in [-0.2, -0.15) is 0 Å². The highest BCUT2D eigenvalue weighted by Gasteiger charge is 2.28. The van der Waals surface area contributed by atoms with Crippen molar-refractivity contribution >= 4 is 11.7 Å². The molecule has 0 fully saturated rings. The minimum Gasteiger partial charge on any atom is -0.320 e. The molecule has 0 aromatic carbocycles. The van der Waals surface area contributed by atoms with Crippen molar-refractivity contribution in [1.29, 1.82) is 0 Å². The van der Waals surface area contributed by atoms with E-state index < -0.39 is 6.04 Å². The summed E-state index contributed by atoms with van der Waals surface area (Å²) in [6, 6.07) is -0.395. The number of anilines is 1. The van der Waals surface area contributed by atoms with Crippen LogP contribution in [0.25, 0.3) is 0 Å². The molecule has 1 aromatic rings. The molecule has 2 heterocycles. The summed E-state index contributed by atoms with van der Waals surface area (Å²) in [7, 11) is 1.76. The molecule has 0 radical (unpaired) electrons. The van der Waals surface area contributed by atoms with E-state index in [4.69, 9.17) is 5.73 Å². The van der Waals surface area contributed by atoms with Crippen molar-refractivity contribution in [1.82, 2.24) is 9.55 Å². The molecule has 2 rings (SSSR count). The molecule has 2 N–H and O–H groups in total. The third-order valence-corrected chi connectivity index (χ3v) is 2.93. The van der Waals surface area contributed by atoms with Gasteiger partial charge in [0.1, 0.15) is 11.6 Å². The zero-order chi connectivity index (χ0) is 11.2. The zero-order valence-corrected chi connectivity index (χ0v) is 9.32. The standard InChI is InChI=1S/C10H16N4O/c1-6-9-13(3)10(15)8(11)4-5-14(9)7(2)12-6/h8H,4-5,11H2,1-3H3. The number of hydrogen-bond acceptors (Lipinski definition) is 3. The summed E-state index contributed by atoms with van der Waals surface area (Å²) in [5, 5.41) is 0. The number of amides is 1. The van der Waals surface area contributed by atoms with Gasteiger partial charge in [0, 0.05) is 13.6 Å². The summed E-state index contributed by atoms with van der Waals surface area (Å²) >= 11 is 0. The van der Waals surface area contributed by atoms with Crippen molar-refractivity contribution in [2.24, 2.45) is 5.73 Å². The number of nitrogens with zero attached hydrogens (tertiary/aromatic N) is 3. The van der Waals surface area contributed by atoms with Crippen LogP contribution in [0.4, 0.5) is 5.82 Å². The third kappa shape index (κ3) is 1.43. The van der Waals surface area contributed by atoms with Gasteiger partial charge in [0.2, 0.25) is 5.91 Å². The first kappa shape index (κ1) is 10.2. The summed E-state index contributed by atoms with van der Waals surface area (Å²) in [6.45, 7) is 4.63. The summed E-state index contributed by atoms with van der Waals surface area (Å²) in [6.07, 6.45) is 0.673. The van der Waals surface area contributed by atoms with E-state index in [1.54, 1.807) is 11.9 Å². The Morgan fingerprint density at radius 3 is 2.80 bits per heavy atom. The fourth-order valence-corrected chi connectivity index (χ4v) is 2.14. The average Bonchev–Trinajstić information content (AvgIpc) is 2.41. The first-order chi connectivity index (χ1) is 7.02.